The Morgan fingerprint density at radius 3 is 2.42 bits per heavy atom. The first-order valence-electron chi connectivity index (χ1n) is 7.57. The highest BCUT2D eigenvalue weighted by Crippen LogP contribution is 2.25. The average Bonchev–Trinajstić information content (AvgIpc) is 2.60. The fourth-order valence-electron chi connectivity index (χ4n) is 2.41. The van der Waals surface area contributed by atoms with E-state index in [4.69, 9.17) is 14.6 Å². The topological polar surface area (TPSA) is 84.9 Å². The number of benzene rings is 2. The molecule has 0 fully saturated rings. The number of ether oxygens (including phenoxy) is 2. The summed E-state index contributed by atoms with van der Waals surface area (Å²) in [5, 5.41) is 13.6. The number of nitrogens with one attached hydrogen (secondary N) is 1. The molecule has 0 aromatic heterocycles. The molecule has 2 N–H and O–H groups in total. The fourth-order valence-corrected chi connectivity index (χ4v) is 2.41. The maximum absolute atomic E-state index is 12.2. The fraction of sp³-hybridized carbons (Fsp3) is 0.333. The van der Waals surface area contributed by atoms with Crippen LogP contribution in [-0.4, -0.2) is 43.9 Å². The van der Waals surface area contributed by atoms with Gasteiger partial charge in [-0.2, -0.15) is 0 Å². The quantitative estimate of drug-likeness (QED) is 0.812. The second kappa shape index (κ2) is 7.79. The van der Waals surface area contributed by atoms with Gasteiger partial charge in [0.2, 0.25) is 5.91 Å². The average molecular weight is 331 g/mol. The van der Waals surface area contributed by atoms with Crippen molar-refractivity contribution in [2.75, 3.05) is 20.8 Å². The third-order valence-corrected chi connectivity index (χ3v) is 3.99. The Bertz CT molecular complexity index is 743. The monoisotopic (exact) mass is 331 g/mol. The van der Waals surface area contributed by atoms with Crippen LogP contribution < -0.4 is 10.1 Å². The molecule has 0 spiro atoms. The van der Waals surface area contributed by atoms with Crippen LogP contribution in [0.5, 0.6) is 5.75 Å². The van der Waals surface area contributed by atoms with Gasteiger partial charge in [0.25, 0.3) is 0 Å². The van der Waals surface area contributed by atoms with Crippen molar-refractivity contribution in [3.05, 3.63) is 42.0 Å². The van der Waals surface area contributed by atoms with Crippen molar-refractivity contribution in [3.8, 4) is 5.75 Å². The zero-order valence-corrected chi connectivity index (χ0v) is 13.9. The number of aliphatic carboxylic acids is 1. The molecule has 0 aliphatic carbocycles. The molecule has 0 radical (unpaired) electrons. The summed E-state index contributed by atoms with van der Waals surface area (Å²) >= 11 is 0. The Hall–Kier alpha value is -2.60. The molecule has 0 heterocycles. The first-order chi connectivity index (χ1) is 11.5. The Kier molecular flexibility index (Phi) is 5.76. The van der Waals surface area contributed by atoms with E-state index in [1.54, 1.807) is 14.0 Å². The van der Waals surface area contributed by atoms with Gasteiger partial charge in [-0.15, -0.1) is 0 Å². The van der Waals surface area contributed by atoms with Gasteiger partial charge in [0.05, 0.1) is 19.6 Å². The molecule has 2 rings (SSSR count). The number of hydrogen-bond donors (Lipinski definition) is 2. The van der Waals surface area contributed by atoms with Crippen LogP contribution in [0.1, 0.15) is 18.4 Å². The van der Waals surface area contributed by atoms with E-state index in [0.29, 0.717) is 0 Å². The maximum Gasteiger partial charge on any atom is 0.334 e. The number of amides is 1. The Morgan fingerprint density at radius 2 is 1.79 bits per heavy atom. The van der Waals surface area contributed by atoms with Crippen molar-refractivity contribution in [2.24, 2.45) is 0 Å². The molecule has 2 atom stereocenters. The van der Waals surface area contributed by atoms with Crippen molar-refractivity contribution >= 4 is 22.6 Å². The summed E-state index contributed by atoms with van der Waals surface area (Å²) in [5.74, 6) is -0.973. The van der Waals surface area contributed by atoms with Gasteiger partial charge in [-0.1, -0.05) is 24.3 Å². The SMILES string of the molecule is COc1ccc2cc(C(C)C(=O)NCC(OC)C(=O)O)ccc2c1. The smallest absolute Gasteiger partial charge is 0.334 e. The highest BCUT2D eigenvalue weighted by Gasteiger charge is 2.20. The Balaban J connectivity index is 2.11. The zero-order valence-electron chi connectivity index (χ0n) is 13.9. The summed E-state index contributed by atoms with van der Waals surface area (Å²) in [4.78, 5) is 23.1. The minimum absolute atomic E-state index is 0.0697. The molecule has 6 nitrogen and oxygen atoms in total. The number of carbonyl (C=O) groups is 2. The van der Waals surface area contributed by atoms with Gasteiger partial charge in [0.15, 0.2) is 6.10 Å². The lowest BCUT2D eigenvalue weighted by atomic mass is 9.97. The van der Waals surface area contributed by atoms with E-state index in [9.17, 15) is 9.59 Å². The number of hydrogen-bond acceptors (Lipinski definition) is 4. The number of fused-ring (bicyclic) bond motifs is 1. The van der Waals surface area contributed by atoms with Gasteiger partial charge in [-0.3, -0.25) is 4.79 Å². The summed E-state index contributed by atoms with van der Waals surface area (Å²) in [6.45, 7) is 1.71. The van der Waals surface area contributed by atoms with E-state index in [2.05, 4.69) is 5.32 Å². The van der Waals surface area contributed by atoms with Crippen LogP contribution in [0.3, 0.4) is 0 Å². The molecule has 0 aliphatic heterocycles. The van der Waals surface area contributed by atoms with E-state index < -0.39 is 18.0 Å². The van der Waals surface area contributed by atoms with Gasteiger partial charge in [-0.05, 0) is 35.4 Å². The standard InChI is InChI=1S/C18H21NO5/c1-11(17(20)19-10-16(24-3)18(21)22)12-4-5-14-9-15(23-2)7-6-13(14)8-12/h4-9,11,16H,10H2,1-3H3,(H,19,20)(H,21,22). The predicted octanol–water partition coefficient (Wildman–Crippen LogP) is 2.17. The number of methoxy groups -OCH3 is 2. The van der Waals surface area contributed by atoms with Crippen LogP contribution in [-0.2, 0) is 14.3 Å². The van der Waals surface area contributed by atoms with Crippen LogP contribution in [0, 0.1) is 0 Å². The molecule has 0 saturated carbocycles. The number of carboxylic acid groups (broad SMARTS) is 1. The summed E-state index contributed by atoms with van der Waals surface area (Å²) in [6.07, 6.45) is -1.05. The van der Waals surface area contributed by atoms with Crippen LogP contribution in [0.2, 0.25) is 0 Å². The molecule has 24 heavy (non-hydrogen) atoms. The van der Waals surface area contributed by atoms with Crippen LogP contribution in [0.25, 0.3) is 10.8 Å². The molecule has 1 amide bonds. The zero-order chi connectivity index (χ0) is 17.7. The molecule has 6 heteroatoms. The highest BCUT2D eigenvalue weighted by molar-refractivity contribution is 5.88. The minimum atomic E-state index is -1.11. The third kappa shape index (κ3) is 4.02. The Morgan fingerprint density at radius 1 is 1.12 bits per heavy atom. The molecule has 2 unspecified atom stereocenters. The molecular formula is C18H21NO5. The second-order valence-electron chi connectivity index (χ2n) is 5.50. The molecule has 128 valence electrons. The molecular weight excluding hydrogens is 310 g/mol. The van der Waals surface area contributed by atoms with Crippen molar-refractivity contribution in [3.63, 3.8) is 0 Å². The lowest BCUT2D eigenvalue weighted by Gasteiger charge is -2.16. The van der Waals surface area contributed by atoms with Crippen molar-refractivity contribution < 1.29 is 24.2 Å². The van der Waals surface area contributed by atoms with Crippen molar-refractivity contribution in [2.45, 2.75) is 18.9 Å². The van der Waals surface area contributed by atoms with E-state index in [0.717, 1.165) is 22.1 Å². The van der Waals surface area contributed by atoms with E-state index in [1.807, 2.05) is 36.4 Å². The molecule has 0 aliphatic rings. The van der Waals surface area contributed by atoms with Crippen molar-refractivity contribution in [1.82, 2.24) is 5.32 Å². The van der Waals surface area contributed by atoms with Gasteiger partial charge in [-0.25, -0.2) is 4.79 Å². The maximum atomic E-state index is 12.2. The molecule has 2 aromatic rings. The summed E-state index contributed by atoms with van der Waals surface area (Å²) in [7, 11) is 2.92. The number of carbonyl (C=O) groups excluding carboxylic acids is 1. The van der Waals surface area contributed by atoms with E-state index in [-0.39, 0.29) is 12.5 Å². The summed E-state index contributed by atoms with van der Waals surface area (Å²) < 4.78 is 10.00. The second-order valence-corrected chi connectivity index (χ2v) is 5.50. The number of carboxylic acids is 1. The summed E-state index contributed by atoms with van der Waals surface area (Å²) in [5.41, 5.74) is 0.856. The van der Waals surface area contributed by atoms with Crippen LogP contribution in [0.4, 0.5) is 0 Å². The Labute approximate surface area is 140 Å². The number of rotatable bonds is 7. The molecule has 0 saturated heterocycles. The largest absolute Gasteiger partial charge is 0.497 e. The van der Waals surface area contributed by atoms with Gasteiger partial charge in [0, 0.05) is 7.11 Å². The van der Waals surface area contributed by atoms with E-state index >= 15 is 0 Å². The normalized spacial score (nSPS) is 13.3. The summed E-state index contributed by atoms with van der Waals surface area (Å²) in [6, 6.07) is 11.5. The third-order valence-electron chi connectivity index (χ3n) is 3.99. The lowest BCUT2D eigenvalue weighted by molar-refractivity contribution is -0.148. The van der Waals surface area contributed by atoms with Gasteiger partial charge in [0.1, 0.15) is 5.75 Å². The van der Waals surface area contributed by atoms with Crippen LogP contribution in [0.15, 0.2) is 36.4 Å². The van der Waals surface area contributed by atoms with Gasteiger partial charge < -0.3 is 19.9 Å². The van der Waals surface area contributed by atoms with Gasteiger partial charge >= 0.3 is 5.97 Å². The molecule has 0 bridgehead atoms. The predicted molar refractivity (Wildman–Crippen MR) is 90.4 cm³/mol. The minimum Gasteiger partial charge on any atom is -0.497 e. The first kappa shape index (κ1) is 17.7. The van der Waals surface area contributed by atoms with Crippen LogP contribution >= 0.6 is 0 Å². The molecule has 2 aromatic carbocycles. The first-order valence-corrected chi connectivity index (χ1v) is 7.57. The lowest BCUT2D eigenvalue weighted by Crippen LogP contribution is -2.39. The van der Waals surface area contributed by atoms with Crippen molar-refractivity contribution in [1.29, 1.82) is 0 Å². The van der Waals surface area contributed by atoms with E-state index in [1.165, 1.54) is 7.11 Å². The highest BCUT2D eigenvalue weighted by atomic mass is 16.5.